The minimum absolute atomic E-state index is 0.0714. The molecule has 0 aliphatic carbocycles. The first-order valence-electron chi connectivity index (χ1n) is 7.41. The molecule has 0 radical (unpaired) electrons. The summed E-state index contributed by atoms with van der Waals surface area (Å²) in [6.45, 7) is 2.02. The highest BCUT2D eigenvalue weighted by molar-refractivity contribution is 7.71. The van der Waals surface area contributed by atoms with E-state index in [0.717, 1.165) is 17.1 Å². The predicted molar refractivity (Wildman–Crippen MR) is 96.8 cm³/mol. The van der Waals surface area contributed by atoms with Crippen molar-refractivity contribution in [1.29, 1.82) is 0 Å². The Kier molecular flexibility index (Phi) is 4.86. The van der Waals surface area contributed by atoms with Gasteiger partial charge in [-0.15, -0.1) is 11.3 Å². The van der Waals surface area contributed by atoms with E-state index in [1.165, 1.54) is 16.9 Å². The summed E-state index contributed by atoms with van der Waals surface area (Å²) >= 11 is 6.50. The lowest BCUT2D eigenvalue weighted by Crippen LogP contribution is -2.14. The molecule has 2 aromatic heterocycles. The van der Waals surface area contributed by atoms with Gasteiger partial charge in [-0.05, 0) is 24.7 Å². The highest BCUT2D eigenvalue weighted by Gasteiger charge is 2.10. The van der Waals surface area contributed by atoms with Gasteiger partial charge in [0, 0.05) is 12.4 Å². The van der Waals surface area contributed by atoms with Crippen molar-refractivity contribution in [2.45, 2.75) is 19.8 Å². The lowest BCUT2D eigenvalue weighted by atomic mass is 10.1. The summed E-state index contributed by atoms with van der Waals surface area (Å²) in [6, 6.07) is 7.93. The molecule has 0 atom stereocenters. The number of aromatic amines is 1. The number of hydrogen-bond acceptors (Lipinski definition) is 5. The number of thiazole rings is 1. The topological polar surface area (TPSA) is 75.6 Å². The molecule has 0 aliphatic heterocycles. The average Bonchev–Trinajstić information content (AvgIpc) is 3.11. The number of nitrogens with one attached hydrogen (secondary N) is 2. The molecular formula is C16H17N5OS2. The molecule has 1 amide bonds. The highest BCUT2D eigenvalue weighted by Crippen LogP contribution is 2.18. The van der Waals surface area contributed by atoms with E-state index in [1.807, 2.05) is 48.2 Å². The van der Waals surface area contributed by atoms with Crippen molar-refractivity contribution in [3.05, 3.63) is 57.1 Å². The van der Waals surface area contributed by atoms with E-state index in [2.05, 4.69) is 20.5 Å². The second-order valence-electron chi connectivity index (χ2n) is 5.54. The standard InChI is InChI=1S/C16H17N5OS2/c1-10-3-5-11(6-4-10)7-14(22)18-15-17-12(9-24-15)8-13-19-20-16(23)21(13)2/h3-6,9H,7-8H2,1-2H3,(H,20,23)(H,17,18,22). The maximum absolute atomic E-state index is 12.1. The number of hydrogen-bond donors (Lipinski definition) is 2. The molecule has 0 saturated carbocycles. The van der Waals surface area contributed by atoms with Gasteiger partial charge in [0.1, 0.15) is 5.82 Å². The predicted octanol–water partition coefficient (Wildman–Crippen LogP) is 3.01. The monoisotopic (exact) mass is 359 g/mol. The summed E-state index contributed by atoms with van der Waals surface area (Å²) in [4.78, 5) is 16.5. The van der Waals surface area contributed by atoms with Crippen LogP contribution in [0.1, 0.15) is 22.6 Å². The van der Waals surface area contributed by atoms with Crippen LogP contribution in [0.25, 0.3) is 0 Å². The molecule has 0 fully saturated rings. The number of aromatic nitrogens is 4. The molecule has 1 aromatic carbocycles. The molecule has 124 valence electrons. The van der Waals surface area contributed by atoms with Gasteiger partial charge in [-0.2, -0.15) is 5.10 Å². The number of anilines is 1. The lowest BCUT2D eigenvalue weighted by molar-refractivity contribution is -0.115. The van der Waals surface area contributed by atoms with Gasteiger partial charge in [0.25, 0.3) is 0 Å². The maximum Gasteiger partial charge on any atom is 0.230 e. The zero-order valence-corrected chi connectivity index (χ0v) is 15.0. The van der Waals surface area contributed by atoms with Gasteiger partial charge in [0.05, 0.1) is 18.5 Å². The Balaban J connectivity index is 1.61. The van der Waals surface area contributed by atoms with E-state index in [4.69, 9.17) is 12.2 Å². The van der Waals surface area contributed by atoms with Gasteiger partial charge in [-0.3, -0.25) is 9.89 Å². The third-order valence-corrected chi connectivity index (χ3v) is 4.77. The van der Waals surface area contributed by atoms with Crippen molar-refractivity contribution in [3.8, 4) is 0 Å². The van der Waals surface area contributed by atoms with Crippen molar-refractivity contribution in [3.63, 3.8) is 0 Å². The van der Waals surface area contributed by atoms with E-state index in [9.17, 15) is 4.79 Å². The van der Waals surface area contributed by atoms with Crippen LogP contribution < -0.4 is 5.32 Å². The van der Waals surface area contributed by atoms with Crippen molar-refractivity contribution in [2.75, 3.05) is 5.32 Å². The summed E-state index contributed by atoms with van der Waals surface area (Å²) in [5.74, 6) is 0.737. The third-order valence-electron chi connectivity index (χ3n) is 3.60. The summed E-state index contributed by atoms with van der Waals surface area (Å²) < 4.78 is 2.39. The molecule has 24 heavy (non-hydrogen) atoms. The zero-order valence-electron chi connectivity index (χ0n) is 13.4. The van der Waals surface area contributed by atoms with E-state index >= 15 is 0 Å². The first-order valence-corrected chi connectivity index (χ1v) is 8.70. The van der Waals surface area contributed by atoms with Crippen molar-refractivity contribution in [1.82, 2.24) is 19.7 Å². The summed E-state index contributed by atoms with van der Waals surface area (Å²) in [5.41, 5.74) is 3.01. The maximum atomic E-state index is 12.1. The Morgan fingerprint density at radius 1 is 1.38 bits per heavy atom. The number of H-pyrrole nitrogens is 1. The Morgan fingerprint density at radius 3 is 2.79 bits per heavy atom. The number of carbonyl (C=O) groups is 1. The summed E-state index contributed by atoms with van der Waals surface area (Å²) in [6.07, 6.45) is 0.900. The first kappa shape index (κ1) is 16.5. The molecule has 3 aromatic rings. The molecule has 0 saturated heterocycles. The quantitative estimate of drug-likeness (QED) is 0.687. The molecule has 2 heterocycles. The van der Waals surface area contributed by atoms with E-state index in [1.54, 1.807) is 0 Å². The van der Waals surface area contributed by atoms with Gasteiger partial charge < -0.3 is 9.88 Å². The van der Waals surface area contributed by atoms with Gasteiger partial charge >= 0.3 is 0 Å². The second-order valence-corrected chi connectivity index (χ2v) is 6.78. The lowest BCUT2D eigenvalue weighted by Gasteiger charge is -2.02. The van der Waals surface area contributed by atoms with Crippen LogP contribution in [0.3, 0.4) is 0 Å². The van der Waals surface area contributed by atoms with E-state index in [-0.39, 0.29) is 5.91 Å². The van der Waals surface area contributed by atoms with Crippen molar-refractivity contribution < 1.29 is 4.79 Å². The molecule has 8 heteroatoms. The van der Waals surface area contributed by atoms with Crippen LogP contribution in [-0.2, 0) is 24.7 Å². The SMILES string of the molecule is Cc1ccc(CC(=O)Nc2nc(Cc3n[nH]c(=S)n3C)cs2)cc1. The van der Waals surface area contributed by atoms with Crippen molar-refractivity contribution in [2.24, 2.45) is 7.05 Å². The number of amides is 1. The van der Waals surface area contributed by atoms with Crippen LogP contribution in [-0.4, -0.2) is 25.7 Å². The molecule has 3 rings (SSSR count). The molecular weight excluding hydrogens is 342 g/mol. The van der Waals surface area contributed by atoms with Crippen LogP contribution >= 0.6 is 23.6 Å². The van der Waals surface area contributed by atoms with Crippen LogP contribution in [0, 0.1) is 11.7 Å². The molecule has 2 N–H and O–H groups in total. The molecule has 0 spiro atoms. The number of nitrogens with zero attached hydrogens (tertiary/aromatic N) is 3. The number of carbonyl (C=O) groups excluding carboxylic acids is 1. The Labute approximate surface area is 148 Å². The van der Waals surface area contributed by atoms with Crippen LogP contribution in [0.4, 0.5) is 5.13 Å². The summed E-state index contributed by atoms with van der Waals surface area (Å²) in [7, 11) is 1.86. The number of benzene rings is 1. The van der Waals surface area contributed by atoms with E-state index in [0.29, 0.717) is 22.7 Å². The summed E-state index contributed by atoms with van der Waals surface area (Å²) in [5, 5.41) is 12.3. The van der Waals surface area contributed by atoms with Crippen LogP contribution in [0.5, 0.6) is 0 Å². The number of rotatable bonds is 5. The second kappa shape index (κ2) is 7.06. The first-order chi connectivity index (χ1) is 11.5. The third kappa shape index (κ3) is 3.95. The van der Waals surface area contributed by atoms with Gasteiger partial charge in [0.2, 0.25) is 5.91 Å². The Bertz CT molecular complexity index is 907. The number of aryl methyl sites for hydroxylation is 1. The average molecular weight is 359 g/mol. The molecule has 0 unspecified atom stereocenters. The van der Waals surface area contributed by atoms with Crippen LogP contribution in [0.2, 0.25) is 0 Å². The zero-order chi connectivity index (χ0) is 17.1. The molecule has 6 nitrogen and oxygen atoms in total. The minimum atomic E-state index is -0.0714. The van der Waals surface area contributed by atoms with Gasteiger partial charge in [-0.1, -0.05) is 29.8 Å². The molecule has 0 bridgehead atoms. The largest absolute Gasteiger partial charge is 0.307 e. The van der Waals surface area contributed by atoms with Crippen LogP contribution in [0.15, 0.2) is 29.6 Å². The smallest absolute Gasteiger partial charge is 0.230 e. The highest BCUT2D eigenvalue weighted by atomic mass is 32.1. The fourth-order valence-corrected chi connectivity index (χ4v) is 3.08. The van der Waals surface area contributed by atoms with Crippen molar-refractivity contribution >= 4 is 34.6 Å². The fraction of sp³-hybridized carbons (Fsp3) is 0.250. The normalized spacial score (nSPS) is 10.8. The van der Waals surface area contributed by atoms with E-state index < -0.39 is 0 Å². The van der Waals surface area contributed by atoms with Gasteiger partial charge in [0.15, 0.2) is 9.90 Å². The van der Waals surface area contributed by atoms with Gasteiger partial charge in [-0.25, -0.2) is 4.98 Å². The Morgan fingerprint density at radius 2 is 2.12 bits per heavy atom. The Hall–Kier alpha value is -2.32. The minimum Gasteiger partial charge on any atom is -0.307 e. The fourth-order valence-electron chi connectivity index (χ4n) is 2.20. The molecule has 0 aliphatic rings.